The molecule has 2 rings (SSSR count). The van der Waals surface area contributed by atoms with E-state index in [4.69, 9.17) is 0 Å². The zero-order valence-electron chi connectivity index (χ0n) is 9.47. The summed E-state index contributed by atoms with van der Waals surface area (Å²) in [5.74, 6) is 0. The molecule has 0 amide bonds. The molecule has 0 saturated heterocycles. The molecule has 0 fully saturated rings. The molecule has 16 heavy (non-hydrogen) atoms. The van der Waals surface area contributed by atoms with E-state index in [2.05, 4.69) is 5.32 Å². The first-order chi connectivity index (χ1) is 7.68. The van der Waals surface area contributed by atoms with Gasteiger partial charge in [-0.05, 0) is 36.9 Å². The average Bonchev–Trinajstić information content (AvgIpc) is 2.66. The van der Waals surface area contributed by atoms with Crippen LogP contribution in [0.3, 0.4) is 0 Å². The summed E-state index contributed by atoms with van der Waals surface area (Å²) in [4.78, 5) is 0. The second-order valence-corrected chi connectivity index (χ2v) is 4.51. The van der Waals surface area contributed by atoms with Gasteiger partial charge >= 0.3 is 0 Å². The van der Waals surface area contributed by atoms with Crippen LogP contribution in [0.25, 0.3) is 0 Å². The van der Waals surface area contributed by atoms with E-state index in [0.717, 1.165) is 17.5 Å². The lowest BCUT2D eigenvalue weighted by Gasteiger charge is -2.29. The Kier molecular flexibility index (Phi) is 3.24. The van der Waals surface area contributed by atoms with Crippen LogP contribution >= 0.6 is 0 Å². The molecule has 88 valence electrons. The molecule has 0 heterocycles. The third-order valence-corrected chi connectivity index (χ3v) is 3.27. The van der Waals surface area contributed by atoms with E-state index in [1.54, 1.807) is 0 Å². The summed E-state index contributed by atoms with van der Waals surface area (Å²) in [7, 11) is 0. The molecule has 0 spiro atoms. The minimum absolute atomic E-state index is 0.445. The SMILES string of the molecule is CCCNC1(C(F)F)Cc2ccccc2C1. The fourth-order valence-electron chi connectivity index (χ4n) is 2.38. The number of nitrogens with one attached hydrogen (secondary N) is 1. The van der Waals surface area contributed by atoms with Crippen molar-refractivity contribution in [3.63, 3.8) is 0 Å². The van der Waals surface area contributed by atoms with E-state index in [0.29, 0.717) is 19.4 Å². The smallest absolute Gasteiger partial charge is 0.257 e. The predicted octanol–water partition coefficient (Wildman–Crippen LogP) is 2.79. The molecule has 3 heteroatoms. The van der Waals surface area contributed by atoms with Crippen molar-refractivity contribution >= 4 is 0 Å². The van der Waals surface area contributed by atoms with Crippen LogP contribution in [-0.4, -0.2) is 18.5 Å². The Morgan fingerprint density at radius 1 is 1.25 bits per heavy atom. The Balaban J connectivity index is 2.20. The second-order valence-electron chi connectivity index (χ2n) is 4.51. The van der Waals surface area contributed by atoms with E-state index in [1.807, 2.05) is 31.2 Å². The highest BCUT2D eigenvalue weighted by molar-refractivity contribution is 5.36. The van der Waals surface area contributed by atoms with Crippen molar-refractivity contribution in [2.75, 3.05) is 6.54 Å². The summed E-state index contributed by atoms with van der Waals surface area (Å²) in [6, 6.07) is 7.74. The van der Waals surface area contributed by atoms with Gasteiger partial charge in [-0.25, -0.2) is 8.78 Å². The van der Waals surface area contributed by atoms with Gasteiger partial charge in [0, 0.05) is 0 Å². The molecule has 1 nitrogen and oxygen atoms in total. The minimum atomic E-state index is -2.31. The molecule has 0 atom stereocenters. The van der Waals surface area contributed by atoms with Crippen LogP contribution in [-0.2, 0) is 12.8 Å². The fourth-order valence-corrected chi connectivity index (χ4v) is 2.38. The van der Waals surface area contributed by atoms with Gasteiger partial charge in [-0.3, -0.25) is 0 Å². The quantitative estimate of drug-likeness (QED) is 0.830. The van der Waals surface area contributed by atoms with Crippen molar-refractivity contribution in [2.24, 2.45) is 0 Å². The number of hydrogen-bond donors (Lipinski definition) is 1. The summed E-state index contributed by atoms with van der Waals surface area (Å²) in [5, 5.41) is 3.04. The Labute approximate surface area is 94.9 Å². The van der Waals surface area contributed by atoms with Gasteiger partial charge in [0.15, 0.2) is 0 Å². The van der Waals surface area contributed by atoms with Gasteiger partial charge in [0.1, 0.15) is 0 Å². The summed E-state index contributed by atoms with van der Waals surface area (Å²) < 4.78 is 26.4. The molecular weight excluding hydrogens is 208 g/mol. The van der Waals surface area contributed by atoms with Gasteiger partial charge in [-0.15, -0.1) is 0 Å². The molecule has 0 aliphatic heterocycles. The molecule has 0 bridgehead atoms. The van der Waals surface area contributed by atoms with Crippen LogP contribution in [0.4, 0.5) is 8.78 Å². The van der Waals surface area contributed by atoms with E-state index in [1.165, 1.54) is 0 Å². The van der Waals surface area contributed by atoms with E-state index in [9.17, 15) is 8.78 Å². The number of alkyl halides is 2. The first-order valence-corrected chi connectivity index (χ1v) is 5.78. The van der Waals surface area contributed by atoms with E-state index >= 15 is 0 Å². The van der Waals surface area contributed by atoms with Crippen LogP contribution in [0.5, 0.6) is 0 Å². The van der Waals surface area contributed by atoms with Crippen LogP contribution in [0.1, 0.15) is 24.5 Å². The highest BCUT2D eigenvalue weighted by atomic mass is 19.3. The molecule has 1 aliphatic rings. The molecule has 0 saturated carbocycles. The Morgan fingerprint density at radius 3 is 2.25 bits per heavy atom. The molecule has 0 radical (unpaired) electrons. The first kappa shape index (κ1) is 11.5. The van der Waals surface area contributed by atoms with Gasteiger partial charge in [-0.2, -0.15) is 0 Å². The lowest BCUT2D eigenvalue weighted by molar-refractivity contribution is 0.0355. The standard InChI is InChI=1S/C13H17F2N/c1-2-7-16-13(12(14)15)8-10-5-3-4-6-11(10)9-13/h3-6,12,16H,2,7-9H2,1H3. The maximum absolute atomic E-state index is 13.2. The van der Waals surface area contributed by atoms with Crippen LogP contribution in [0.15, 0.2) is 24.3 Å². The minimum Gasteiger partial charge on any atom is -0.306 e. The highest BCUT2D eigenvalue weighted by Crippen LogP contribution is 2.34. The van der Waals surface area contributed by atoms with Gasteiger partial charge in [0.2, 0.25) is 0 Å². The number of benzene rings is 1. The zero-order valence-corrected chi connectivity index (χ0v) is 9.47. The Morgan fingerprint density at radius 2 is 1.81 bits per heavy atom. The maximum atomic E-state index is 13.2. The van der Waals surface area contributed by atoms with Gasteiger partial charge < -0.3 is 5.32 Å². The van der Waals surface area contributed by atoms with E-state index < -0.39 is 12.0 Å². The van der Waals surface area contributed by atoms with Crippen LogP contribution < -0.4 is 5.32 Å². The largest absolute Gasteiger partial charge is 0.306 e. The third kappa shape index (κ3) is 1.96. The number of hydrogen-bond acceptors (Lipinski definition) is 1. The second kappa shape index (κ2) is 4.50. The topological polar surface area (TPSA) is 12.0 Å². The average molecular weight is 225 g/mol. The van der Waals surface area contributed by atoms with Gasteiger partial charge in [0.25, 0.3) is 6.43 Å². The summed E-state index contributed by atoms with van der Waals surface area (Å²) in [6.07, 6.45) is -0.543. The van der Waals surface area contributed by atoms with Crippen molar-refractivity contribution < 1.29 is 8.78 Å². The van der Waals surface area contributed by atoms with Gasteiger partial charge in [-0.1, -0.05) is 31.2 Å². The lowest BCUT2D eigenvalue weighted by Crippen LogP contribution is -2.52. The molecule has 1 aliphatic carbocycles. The van der Waals surface area contributed by atoms with Crippen molar-refractivity contribution in [3.8, 4) is 0 Å². The maximum Gasteiger partial charge on any atom is 0.257 e. The fraction of sp³-hybridized carbons (Fsp3) is 0.538. The highest BCUT2D eigenvalue weighted by Gasteiger charge is 2.44. The molecule has 0 aromatic heterocycles. The molecular formula is C13H17F2N. The number of halogens is 2. The van der Waals surface area contributed by atoms with Crippen molar-refractivity contribution in [3.05, 3.63) is 35.4 Å². The van der Waals surface area contributed by atoms with Gasteiger partial charge in [0.05, 0.1) is 5.54 Å². The number of rotatable bonds is 4. The van der Waals surface area contributed by atoms with Crippen LogP contribution in [0, 0.1) is 0 Å². The summed E-state index contributed by atoms with van der Waals surface area (Å²) in [5.41, 5.74) is 1.09. The zero-order chi connectivity index (χ0) is 11.6. The van der Waals surface area contributed by atoms with Crippen molar-refractivity contribution in [2.45, 2.75) is 38.2 Å². The molecule has 0 unspecified atom stereocenters. The Hall–Kier alpha value is -0.960. The molecule has 1 aromatic rings. The molecule has 1 aromatic carbocycles. The first-order valence-electron chi connectivity index (χ1n) is 5.78. The van der Waals surface area contributed by atoms with Crippen molar-refractivity contribution in [1.82, 2.24) is 5.32 Å². The summed E-state index contributed by atoms with van der Waals surface area (Å²) in [6.45, 7) is 2.65. The van der Waals surface area contributed by atoms with Crippen LogP contribution in [0.2, 0.25) is 0 Å². The summed E-state index contributed by atoms with van der Waals surface area (Å²) >= 11 is 0. The third-order valence-electron chi connectivity index (χ3n) is 3.27. The Bertz CT molecular complexity index is 338. The van der Waals surface area contributed by atoms with Crippen molar-refractivity contribution in [1.29, 1.82) is 0 Å². The normalized spacial score (nSPS) is 17.8. The van der Waals surface area contributed by atoms with E-state index in [-0.39, 0.29) is 0 Å². The molecule has 1 N–H and O–H groups in total. The monoisotopic (exact) mass is 225 g/mol. The number of fused-ring (bicyclic) bond motifs is 1. The lowest BCUT2D eigenvalue weighted by atomic mass is 9.96. The predicted molar refractivity (Wildman–Crippen MR) is 60.9 cm³/mol.